The molecule has 0 spiro atoms. The number of carbonyl (C=O) groups is 1. The Labute approximate surface area is 144 Å². The van der Waals surface area contributed by atoms with Crippen LogP contribution in [0.3, 0.4) is 0 Å². The summed E-state index contributed by atoms with van der Waals surface area (Å²) >= 11 is 0. The minimum atomic E-state index is 0.0282. The molecule has 2 rings (SSSR count). The Hall–Kier alpha value is -2.33. The van der Waals surface area contributed by atoms with Crippen molar-refractivity contribution >= 4 is 11.6 Å². The number of anilines is 1. The minimum absolute atomic E-state index is 0.0282. The highest BCUT2D eigenvalue weighted by Crippen LogP contribution is 2.18. The van der Waals surface area contributed by atoms with E-state index >= 15 is 0 Å². The highest BCUT2D eigenvalue weighted by Gasteiger charge is 2.12. The molecule has 0 aliphatic rings. The fourth-order valence-corrected chi connectivity index (χ4v) is 2.61. The van der Waals surface area contributed by atoms with E-state index in [-0.39, 0.29) is 5.91 Å². The summed E-state index contributed by atoms with van der Waals surface area (Å²) in [6, 6.07) is 14.0. The maximum Gasteiger partial charge on any atom is 0.279 e. The number of amides is 1. The molecule has 4 heteroatoms. The minimum Gasteiger partial charge on any atom is -0.488 e. The molecule has 2 N–H and O–H groups in total. The Kier molecular flexibility index (Phi) is 6.38. The van der Waals surface area contributed by atoms with Gasteiger partial charge in [-0.1, -0.05) is 30.3 Å². The van der Waals surface area contributed by atoms with Gasteiger partial charge in [0.1, 0.15) is 18.9 Å². The third kappa shape index (κ3) is 5.39. The first-order chi connectivity index (χ1) is 11.5. The number of nitrogens with one attached hydrogen (secondary N) is 2. The number of carbonyl (C=O) groups excluding carboxylic acids is 1. The second-order valence-corrected chi connectivity index (χ2v) is 6.36. The predicted octanol–water partition coefficient (Wildman–Crippen LogP) is 2.14. The molecule has 0 bridgehead atoms. The van der Waals surface area contributed by atoms with Crippen LogP contribution in [0.5, 0.6) is 5.75 Å². The highest BCUT2D eigenvalue weighted by atomic mass is 16.5. The molecule has 2 aromatic rings. The molecule has 0 aliphatic heterocycles. The van der Waals surface area contributed by atoms with E-state index in [4.69, 9.17) is 4.74 Å². The quantitative estimate of drug-likeness (QED) is 0.818. The molecule has 4 nitrogen and oxygen atoms in total. The van der Waals surface area contributed by atoms with Crippen molar-refractivity contribution in [2.24, 2.45) is 0 Å². The summed E-state index contributed by atoms with van der Waals surface area (Å²) < 4.78 is 5.74. The lowest BCUT2D eigenvalue weighted by Gasteiger charge is -2.16. The fraction of sp³-hybridized carbons (Fsp3) is 0.350. The largest absolute Gasteiger partial charge is 0.488 e. The molecule has 0 aliphatic carbocycles. The number of likely N-dealkylation sites (N-methyl/N-ethyl adjacent to an activating group) is 1. The zero-order valence-corrected chi connectivity index (χ0v) is 15.0. The third-order valence-corrected chi connectivity index (χ3v) is 3.99. The van der Waals surface area contributed by atoms with Crippen LogP contribution in [-0.4, -0.2) is 32.7 Å². The number of rotatable bonds is 7. The Morgan fingerprint density at radius 2 is 1.75 bits per heavy atom. The van der Waals surface area contributed by atoms with E-state index in [9.17, 15) is 4.79 Å². The van der Waals surface area contributed by atoms with Gasteiger partial charge in [-0.3, -0.25) is 4.79 Å². The summed E-state index contributed by atoms with van der Waals surface area (Å²) in [5.41, 5.74) is 4.28. The average molecular weight is 327 g/mol. The van der Waals surface area contributed by atoms with Crippen LogP contribution in [0.4, 0.5) is 5.69 Å². The Morgan fingerprint density at radius 1 is 1.08 bits per heavy atom. The van der Waals surface area contributed by atoms with Crippen molar-refractivity contribution < 1.29 is 14.4 Å². The molecule has 1 atom stereocenters. The Morgan fingerprint density at radius 3 is 2.42 bits per heavy atom. The van der Waals surface area contributed by atoms with Crippen molar-refractivity contribution in [2.45, 2.75) is 20.8 Å². The summed E-state index contributed by atoms with van der Waals surface area (Å²) in [6.07, 6.45) is 0. The molecule has 24 heavy (non-hydrogen) atoms. The molecular formula is C20H27N2O2+. The molecule has 0 fully saturated rings. The molecule has 0 radical (unpaired) electrons. The lowest BCUT2D eigenvalue weighted by Crippen LogP contribution is -3.10. The van der Waals surface area contributed by atoms with E-state index in [0.717, 1.165) is 34.0 Å². The number of para-hydroxylation sites is 1. The van der Waals surface area contributed by atoms with Gasteiger partial charge in [0.25, 0.3) is 5.91 Å². The molecule has 0 heterocycles. The maximum atomic E-state index is 12.2. The van der Waals surface area contributed by atoms with Gasteiger partial charge in [-0.05, 0) is 49.6 Å². The van der Waals surface area contributed by atoms with Crippen LogP contribution in [0.2, 0.25) is 0 Å². The molecule has 0 saturated heterocycles. The van der Waals surface area contributed by atoms with Crippen molar-refractivity contribution in [1.82, 2.24) is 0 Å². The smallest absolute Gasteiger partial charge is 0.279 e. The lowest BCUT2D eigenvalue weighted by molar-refractivity contribution is -0.871. The van der Waals surface area contributed by atoms with Gasteiger partial charge in [0, 0.05) is 5.69 Å². The van der Waals surface area contributed by atoms with Gasteiger partial charge in [0.15, 0.2) is 6.54 Å². The number of benzene rings is 2. The molecule has 128 valence electrons. The van der Waals surface area contributed by atoms with Gasteiger partial charge < -0.3 is 15.0 Å². The van der Waals surface area contributed by atoms with Gasteiger partial charge in [-0.15, -0.1) is 0 Å². The van der Waals surface area contributed by atoms with Crippen molar-refractivity contribution in [3.05, 3.63) is 59.2 Å². The Balaban J connectivity index is 1.77. The number of quaternary nitrogens is 1. The number of hydrogen-bond donors (Lipinski definition) is 2. The molecule has 0 saturated carbocycles. The van der Waals surface area contributed by atoms with Crippen molar-refractivity contribution in [3.8, 4) is 5.75 Å². The molecule has 1 unspecified atom stereocenters. The SMILES string of the molecule is Cc1cccc(OCC[NH+](C)CC(=O)Nc2c(C)cccc2C)c1. The summed E-state index contributed by atoms with van der Waals surface area (Å²) in [6.45, 7) is 7.84. The van der Waals surface area contributed by atoms with Crippen LogP contribution in [-0.2, 0) is 4.79 Å². The van der Waals surface area contributed by atoms with Crippen LogP contribution in [0, 0.1) is 20.8 Å². The van der Waals surface area contributed by atoms with Gasteiger partial charge in [0.05, 0.1) is 7.05 Å². The molecule has 2 aromatic carbocycles. The summed E-state index contributed by atoms with van der Waals surface area (Å²) in [7, 11) is 2.00. The van der Waals surface area contributed by atoms with E-state index < -0.39 is 0 Å². The summed E-state index contributed by atoms with van der Waals surface area (Å²) in [5.74, 6) is 0.906. The van der Waals surface area contributed by atoms with E-state index in [1.54, 1.807) is 0 Å². The summed E-state index contributed by atoms with van der Waals surface area (Å²) in [4.78, 5) is 13.3. The van der Waals surface area contributed by atoms with Gasteiger partial charge in [-0.2, -0.15) is 0 Å². The first-order valence-corrected chi connectivity index (χ1v) is 8.32. The van der Waals surface area contributed by atoms with E-state index in [1.165, 1.54) is 5.56 Å². The van der Waals surface area contributed by atoms with E-state index in [2.05, 4.69) is 5.32 Å². The molecule has 0 aromatic heterocycles. The first kappa shape index (κ1) is 18.0. The van der Waals surface area contributed by atoms with Crippen LogP contribution in [0.25, 0.3) is 0 Å². The van der Waals surface area contributed by atoms with Crippen LogP contribution in [0.1, 0.15) is 16.7 Å². The van der Waals surface area contributed by atoms with Crippen LogP contribution >= 0.6 is 0 Å². The van der Waals surface area contributed by atoms with E-state index in [1.807, 2.05) is 70.3 Å². The van der Waals surface area contributed by atoms with Gasteiger partial charge in [0.2, 0.25) is 0 Å². The second-order valence-electron chi connectivity index (χ2n) is 6.36. The normalized spacial score (nSPS) is 11.8. The first-order valence-electron chi connectivity index (χ1n) is 8.32. The Bertz CT molecular complexity index is 678. The number of aryl methyl sites for hydroxylation is 3. The third-order valence-electron chi connectivity index (χ3n) is 3.99. The predicted molar refractivity (Wildman–Crippen MR) is 97.8 cm³/mol. The van der Waals surface area contributed by atoms with Crippen LogP contribution < -0.4 is 15.0 Å². The van der Waals surface area contributed by atoms with Gasteiger partial charge >= 0.3 is 0 Å². The zero-order chi connectivity index (χ0) is 17.5. The summed E-state index contributed by atoms with van der Waals surface area (Å²) in [5, 5.41) is 3.02. The van der Waals surface area contributed by atoms with Crippen molar-refractivity contribution in [1.29, 1.82) is 0 Å². The monoisotopic (exact) mass is 327 g/mol. The topological polar surface area (TPSA) is 42.8 Å². The zero-order valence-electron chi connectivity index (χ0n) is 15.0. The second kappa shape index (κ2) is 8.50. The van der Waals surface area contributed by atoms with Crippen molar-refractivity contribution in [2.75, 3.05) is 32.1 Å². The van der Waals surface area contributed by atoms with Crippen LogP contribution in [0.15, 0.2) is 42.5 Å². The molecular weight excluding hydrogens is 300 g/mol. The maximum absolute atomic E-state index is 12.2. The number of hydrogen-bond acceptors (Lipinski definition) is 2. The fourth-order valence-electron chi connectivity index (χ4n) is 2.61. The standard InChI is InChI=1S/C20H26N2O2/c1-15-7-5-10-18(13-15)24-12-11-22(4)14-19(23)21-20-16(2)8-6-9-17(20)3/h5-10,13H,11-12,14H2,1-4H3,(H,21,23)/p+1. The van der Waals surface area contributed by atoms with Gasteiger partial charge in [-0.25, -0.2) is 0 Å². The average Bonchev–Trinajstić information content (AvgIpc) is 2.51. The van der Waals surface area contributed by atoms with Crippen molar-refractivity contribution in [3.63, 3.8) is 0 Å². The molecule has 1 amide bonds. The highest BCUT2D eigenvalue weighted by molar-refractivity contribution is 5.93. The lowest BCUT2D eigenvalue weighted by atomic mass is 10.1. The number of ether oxygens (including phenoxy) is 1. The van der Waals surface area contributed by atoms with E-state index in [0.29, 0.717) is 13.2 Å².